The minimum atomic E-state index is -0.566. The lowest BCUT2D eigenvalue weighted by molar-refractivity contribution is -0.140. The minimum Gasteiger partial charge on any atom is -0.357 e. The van der Waals surface area contributed by atoms with Gasteiger partial charge in [-0.25, -0.2) is 0 Å². The third-order valence-corrected chi connectivity index (χ3v) is 6.72. The summed E-state index contributed by atoms with van der Waals surface area (Å²) in [5.74, 6) is 1.44. The second-order valence-corrected chi connectivity index (χ2v) is 9.16. The first-order chi connectivity index (χ1) is 16.1. The summed E-state index contributed by atoms with van der Waals surface area (Å²) in [6, 6.07) is 27.6. The molecule has 4 nitrogen and oxygen atoms in total. The molecule has 0 aliphatic heterocycles. The van der Waals surface area contributed by atoms with Gasteiger partial charge in [-0.05, 0) is 29.2 Å². The van der Waals surface area contributed by atoms with E-state index in [4.69, 9.17) is 0 Å². The fourth-order valence-electron chi connectivity index (χ4n) is 3.76. The summed E-state index contributed by atoms with van der Waals surface area (Å²) < 4.78 is 0. The molecule has 0 spiro atoms. The number of aryl methyl sites for hydroxylation is 1. The lowest BCUT2D eigenvalue weighted by Gasteiger charge is -2.31. The molecule has 3 aromatic carbocycles. The van der Waals surface area contributed by atoms with Crippen LogP contribution in [0.1, 0.15) is 28.7 Å². The molecule has 0 saturated carbocycles. The number of likely N-dealkylation sites (N-methyl/N-ethyl adjacent to an activating group) is 1. The van der Waals surface area contributed by atoms with Gasteiger partial charge in [0.25, 0.3) is 0 Å². The summed E-state index contributed by atoms with van der Waals surface area (Å²) in [6.07, 6.45) is 0.876. The van der Waals surface area contributed by atoms with E-state index >= 15 is 0 Å². The number of hydrogen-bond acceptors (Lipinski definition) is 3. The van der Waals surface area contributed by atoms with Gasteiger partial charge in [0.15, 0.2) is 0 Å². The first kappa shape index (κ1) is 24.6. The van der Waals surface area contributed by atoms with Crippen LogP contribution < -0.4 is 5.32 Å². The number of amides is 2. The number of carbonyl (C=O) groups excluding carboxylic acids is 2. The molecule has 33 heavy (non-hydrogen) atoms. The highest BCUT2D eigenvalue weighted by molar-refractivity contribution is 7.98. The minimum absolute atomic E-state index is 0.00310. The van der Waals surface area contributed by atoms with Gasteiger partial charge in [0.2, 0.25) is 11.8 Å². The predicted molar refractivity (Wildman–Crippen MR) is 137 cm³/mol. The maximum absolute atomic E-state index is 13.5. The van der Waals surface area contributed by atoms with Gasteiger partial charge in [0.1, 0.15) is 6.04 Å². The number of nitrogens with one attached hydrogen (secondary N) is 1. The molecule has 1 N–H and O–H groups in total. The van der Waals surface area contributed by atoms with Gasteiger partial charge in [0.05, 0.1) is 0 Å². The van der Waals surface area contributed by atoms with Gasteiger partial charge >= 0.3 is 0 Å². The largest absolute Gasteiger partial charge is 0.357 e. The van der Waals surface area contributed by atoms with Crippen LogP contribution in [0.4, 0.5) is 0 Å². The van der Waals surface area contributed by atoms with Gasteiger partial charge in [-0.2, -0.15) is 11.8 Å². The molecule has 0 aliphatic rings. The monoisotopic (exact) mass is 460 g/mol. The van der Waals surface area contributed by atoms with Crippen LogP contribution in [0.25, 0.3) is 0 Å². The Morgan fingerprint density at radius 3 is 2.12 bits per heavy atom. The summed E-state index contributed by atoms with van der Waals surface area (Å²) in [5, 5.41) is 2.77. The number of carbonyl (C=O) groups is 2. The zero-order valence-electron chi connectivity index (χ0n) is 19.4. The molecule has 0 radical (unpaired) electrons. The molecule has 1 unspecified atom stereocenters. The van der Waals surface area contributed by atoms with Crippen molar-refractivity contribution in [1.29, 1.82) is 0 Å². The van der Waals surface area contributed by atoms with Crippen LogP contribution in [0.2, 0.25) is 0 Å². The van der Waals surface area contributed by atoms with Crippen LogP contribution in [0.5, 0.6) is 0 Å². The van der Waals surface area contributed by atoms with Crippen molar-refractivity contribution in [3.8, 4) is 0 Å². The van der Waals surface area contributed by atoms with E-state index in [1.807, 2.05) is 79.7 Å². The Morgan fingerprint density at radius 2 is 1.48 bits per heavy atom. The standard InChI is InChI=1S/C28H32N2O2S/c1-22-11-9-10-16-25(22)20-30(26(28(32)29-2)19-23-12-5-3-6-13-23)27(31)17-18-33-21-24-14-7-4-8-15-24/h3-16,26H,17-21H2,1-2H3,(H,29,32). The van der Waals surface area contributed by atoms with E-state index in [1.165, 1.54) is 5.56 Å². The quantitative estimate of drug-likeness (QED) is 0.410. The van der Waals surface area contributed by atoms with Gasteiger partial charge in [-0.15, -0.1) is 0 Å². The van der Waals surface area contributed by atoms with E-state index in [0.717, 1.165) is 22.4 Å². The molecular weight excluding hydrogens is 428 g/mol. The first-order valence-corrected chi connectivity index (χ1v) is 12.4. The van der Waals surface area contributed by atoms with Crippen LogP contribution in [0, 0.1) is 6.92 Å². The molecule has 5 heteroatoms. The molecule has 2 amide bonds. The second kappa shape index (κ2) is 12.9. The number of rotatable bonds is 11. The van der Waals surface area contributed by atoms with Crippen LogP contribution in [0.15, 0.2) is 84.9 Å². The van der Waals surface area contributed by atoms with E-state index in [-0.39, 0.29) is 11.8 Å². The molecule has 0 heterocycles. The van der Waals surface area contributed by atoms with Crippen LogP contribution in [-0.4, -0.2) is 35.6 Å². The van der Waals surface area contributed by atoms with Crippen molar-refractivity contribution in [2.24, 2.45) is 0 Å². The topological polar surface area (TPSA) is 49.4 Å². The number of benzene rings is 3. The zero-order valence-corrected chi connectivity index (χ0v) is 20.2. The SMILES string of the molecule is CNC(=O)C(Cc1ccccc1)N(Cc1ccccc1C)C(=O)CCSCc1ccccc1. The first-order valence-electron chi connectivity index (χ1n) is 11.3. The molecule has 1 atom stereocenters. The molecular formula is C28H32N2O2S. The Labute approximate surface area is 201 Å². The molecule has 0 aromatic heterocycles. The number of thioether (sulfide) groups is 1. The molecule has 0 fully saturated rings. The van der Waals surface area contributed by atoms with Crippen molar-refractivity contribution in [3.05, 3.63) is 107 Å². The number of hydrogen-bond donors (Lipinski definition) is 1. The fraction of sp³-hybridized carbons (Fsp3) is 0.286. The highest BCUT2D eigenvalue weighted by Gasteiger charge is 2.29. The van der Waals surface area contributed by atoms with Crippen LogP contribution >= 0.6 is 11.8 Å². The van der Waals surface area contributed by atoms with E-state index in [9.17, 15) is 9.59 Å². The molecule has 0 saturated heterocycles. The Kier molecular flexibility index (Phi) is 9.58. The predicted octanol–water partition coefficient (Wildman–Crippen LogP) is 5.00. The van der Waals surface area contributed by atoms with Gasteiger partial charge < -0.3 is 10.2 Å². The summed E-state index contributed by atoms with van der Waals surface area (Å²) in [7, 11) is 1.63. The highest BCUT2D eigenvalue weighted by Crippen LogP contribution is 2.19. The van der Waals surface area contributed by atoms with E-state index < -0.39 is 6.04 Å². The molecule has 172 valence electrons. The summed E-state index contributed by atoms with van der Waals surface area (Å²) in [5.41, 5.74) is 4.46. The summed E-state index contributed by atoms with van der Waals surface area (Å²) >= 11 is 1.74. The zero-order chi connectivity index (χ0) is 23.5. The lowest BCUT2D eigenvalue weighted by Crippen LogP contribution is -2.49. The van der Waals surface area contributed by atoms with E-state index in [0.29, 0.717) is 25.1 Å². The highest BCUT2D eigenvalue weighted by atomic mass is 32.2. The van der Waals surface area contributed by atoms with Crippen molar-refractivity contribution >= 4 is 23.6 Å². The fourth-order valence-corrected chi connectivity index (χ4v) is 4.65. The molecule has 3 aromatic rings. The number of nitrogens with zero attached hydrogens (tertiary/aromatic N) is 1. The third-order valence-electron chi connectivity index (χ3n) is 5.69. The smallest absolute Gasteiger partial charge is 0.242 e. The molecule has 0 bridgehead atoms. The Bertz CT molecular complexity index is 1020. The second-order valence-electron chi connectivity index (χ2n) is 8.06. The third kappa shape index (κ3) is 7.50. The summed E-state index contributed by atoms with van der Waals surface area (Å²) in [6.45, 7) is 2.46. The van der Waals surface area contributed by atoms with Crippen LogP contribution in [0.3, 0.4) is 0 Å². The summed E-state index contributed by atoms with van der Waals surface area (Å²) in [4.78, 5) is 28.2. The van der Waals surface area contributed by atoms with E-state index in [2.05, 4.69) is 17.4 Å². The Morgan fingerprint density at radius 1 is 0.879 bits per heavy atom. The van der Waals surface area contributed by atoms with Crippen molar-refractivity contribution < 1.29 is 9.59 Å². The molecule has 3 rings (SSSR count). The average molecular weight is 461 g/mol. The lowest BCUT2D eigenvalue weighted by atomic mass is 10.0. The van der Waals surface area contributed by atoms with Crippen molar-refractivity contribution in [2.75, 3.05) is 12.8 Å². The van der Waals surface area contributed by atoms with Crippen molar-refractivity contribution in [3.63, 3.8) is 0 Å². The van der Waals surface area contributed by atoms with Gasteiger partial charge in [-0.3, -0.25) is 9.59 Å². The average Bonchev–Trinajstić information content (AvgIpc) is 2.85. The van der Waals surface area contributed by atoms with Gasteiger partial charge in [-0.1, -0.05) is 84.9 Å². The maximum Gasteiger partial charge on any atom is 0.242 e. The maximum atomic E-state index is 13.5. The normalized spacial score (nSPS) is 11.6. The van der Waals surface area contributed by atoms with Crippen molar-refractivity contribution in [2.45, 2.75) is 38.1 Å². The van der Waals surface area contributed by atoms with Crippen LogP contribution in [-0.2, 0) is 28.3 Å². The van der Waals surface area contributed by atoms with Gasteiger partial charge in [0, 0.05) is 37.9 Å². The molecule has 0 aliphatic carbocycles. The van der Waals surface area contributed by atoms with E-state index in [1.54, 1.807) is 23.7 Å². The van der Waals surface area contributed by atoms with Crippen molar-refractivity contribution in [1.82, 2.24) is 10.2 Å². The Balaban J connectivity index is 1.76. The Hall–Kier alpha value is -3.05.